The fourth-order valence-electron chi connectivity index (χ4n) is 1.46. The minimum atomic E-state index is -0.994. The molecule has 2 aromatic heterocycles. The molecule has 0 aliphatic carbocycles. The Bertz CT molecular complexity index is 531. The molecule has 2 rings (SSSR count). The lowest BCUT2D eigenvalue weighted by molar-refractivity contribution is 0.0691. The molecule has 0 saturated carbocycles. The van der Waals surface area contributed by atoms with Gasteiger partial charge in [0.2, 0.25) is 5.88 Å². The SMILES string of the molecule is COc1cc(C)c2cc(C(=O)O)[nH]c2n1. The Morgan fingerprint density at radius 3 is 2.87 bits per heavy atom. The van der Waals surface area contributed by atoms with Crippen LogP contribution in [0, 0.1) is 6.92 Å². The summed E-state index contributed by atoms with van der Waals surface area (Å²) < 4.78 is 4.99. The average molecular weight is 206 g/mol. The first-order valence-electron chi connectivity index (χ1n) is 4.39. The van der Waals surface area contributed by atoms with Gasteiger partial charge in [-0.2, -0.15) is 4.98 Å². The molecule has 0 aromatic carbocycles. The van der Waals surface area contributed by atoms with Crippen LogP contribution in [0.5, 0.6) is 5.88 Å². The third-order valence-corrected chi connectivity index (χ3v) is 2.22. The second-order valence-corrected chi connectivity index (χ2v) is 3.23. The van der Waals surface area contributed by atoms with Crippen molar-refractivity contribution in [2.24, 2.45) is 0 Å². The molecule has 0 aliphatic heterocycles. The van der Waals surface area contributed by atoms with Gasteiger partial charge in [0.25, 0.3) is 0 Å². The van der Waals surface area contributed by atoms with Crippen LogP contribution in [0.3, 0.4) is 0 Å². The largest absolute Gasteiger partial charge is 0.481 e. The molecule has 0 amide bonds. The van der Waals surface area contributed by atoms with E-state index in [2.05, 4.69) is 9.97 Å². The lowest BCUT2D eigenvalue weighted by Crippen LogP contribution is -1.95. The molecular formula is C10H10N2O3. The number of nitrogens with one attached hydrogen (secondary N) is 1. The van der Waals surface area contributed by atoms with Crippen LogP contribution < -0.4 is 4.74 Å². The van der Waals surface area contributed by atoms with Gasteiger partial charge in [-0.25, -0.2) is 4.79 Å². The van der Waals surface area contributed by atoms with E-state index in [4.69, 9.17) is 9.84 Å². The molecule has 0 bridgehead atoms. The van der Waals surface area contributed by atoms with E-state index in [-0.39, 0.29) is 5.69 Å². The molecule has 0 spiro atoms. The number of methoxy groups -OCH3 is 1. The first kappa shape index (κ1) is 9.51. The van der Waals surface area contributed by atoms with Crippen LogP contribution in [0.25, 0.3) is 11.0 Å². The second kappa shape index (κ2) is 3.27. The van der Waals surface area contributed by atoms with Crippen molar-refractivity contribution in [3.63, 3.8) is 0 Å². The van der Waals surface area contributed by atoms with Crippen LogP contribution in [0.1, 0.15) is 16.1 Å². The Kier molecular flexibility index (Phi) is 2.07. The summed E-state index contributed by atoms with van der Waals surface area (Å²) in [6.45, 7) is 1.88. The number of fused-ring (bicyclic) bond motifs is 1. The Morgan fingerprint density at radius 1 is 1.53 bits per heavy atom. The molecule has 78 valence electrons. The van der Waals surface area contributed by atoms with E-state index < -0.39 is 5.97 Å². The number of aryl methyl sites for hydroxylation is 1. The van der Waals surface area contributed by atoms with E-state index in [9.17, 15) is 4.79 Å². The van der Waals surface area contributed by atoms with E-state index in [0.29, 0.717) is 11.5 Å². The highest BCUT2D eigenvalue weighted by molar-refractivity contribution is 5.93. The number of aromatic amines is 1. The summed E-state index contributed by atoms with van der Waals surface area (Å²) in [7, 11) is 1.52. The lowest BCUT2D eigenvalue weighted by Gasteiger charge is -2.00. The molecule has 5 nitrogen and oxygen atoms in total. The van der Waals surface area contributed by atoms with E-state index in [1.807, 2.05) is 6.92 Å². The summed E-state index contributed by atoms with van der Waals surface area (Å²) in [6.07, 6.45) is 0. The Morgan fingerprint density at radius 2 is 2.27 bits per heavy atom. The van der Waals surface area contributed by atoms with Crippen LogP contribution in [0.15, 0.2) is 12.1 Å². The molecule has 0 atom stereocenters. The summed E-state index contributed by atoms with van der Waals surface area (Å²) in [4.78, 5) is 17.6. The minimum Gasteiger partial charge on any atom is -0.481 e. The number of carbonyl (C=O) groups is 1. The van der Waals surface area contributed by atoms with Crippen LogP contribution in [0.4, 0.5) is 0 Å². The third-order valence-electron chi connectivity index (χ3n) is 2.22. The van der Waals surface area contributed by atoms with Crippen LogP contribution in [-0.4, -0.2) is 28.2 Å². The molecule has 5 heteroatoms. The van der Waals surface area contributed by atoms with Crippen molar-refractivity contribution in [3.05, 3.63) is 23.4 Å². The predicted octanol–water partition coefficient (Wildman–Crippen LogP) is 1.58. The quantitative estimate of drug-likeness (QED) is 0.782. The molecular weight excluding hydrogens is 196 g/mol. The van der Waals surface area contributed by atoms with Gasteiger partial charge in [0, 0.05) is 11.5 Å². The van der Waals surface area contributed by atoms with Gasteiger partial charge in [0.15, 0.2) is 0 Å². The number of aromatic nitrogens is 2. The highest BCUT2D eigenvalue weighted by atomic mass is 16.5. The first-order valence-corrected chi connectivity index (χ1v) is 4.39. The fraction of sp³-hybridized carbons (Fsp3) is 0.200. The minimum absolute atomic E-state index is 0.133. The number of aromatic carboxylic acids is 1. The summed E-state index contributed by atoms with van der Waals surface area (Å²) in [6, 6.07) is 3.33. The summed E-state index contributed by atoms with van der Waals surface area (Å²) in [5.74, 6) is -0.523. The molecule has 0 unspecified atom stereocenters. The zero-order chi connectivity index (χ0) is 11.0. The average Bonchev–Trinajstić information content (AvgIpc) is 2.61. The van der Waals surface area contributed by atoms with Crippen molar-refractivity contribution in [1.82, 2.24) is 9.97 Å². The van der Waals surface area contributed by atoms with Gasteiger partial charge in [-0.3, -0.25) is 0 Å². The lowest BCUT2D eigenvalue weighted by atomic mass is 10.2. The van der Waals surface area contributed by atoms with Crippen molar-refractivity contribution in [1.29, 1.82) is 0 Å². The zero-order valence-corrected chi connectivity index (χ0v) is 8.37. The molecule has 15 heavy (non-hydrogen) atoms. The topological polar surface area (TPSA) is 75.2 Å². The van der Waals surface area contributed by atoms with E-state index >= 15 is 0 Å². The molecule has 2 aromatic rings. The molecule has 2 heterocycles. The van der Waals surface area contributed by atoms with Gasteiger partial charge >= 0.3 is 5.97 Å². The Labute approximate surface area is 85.7 Å². The highest BCUT2D eigenvalue weighted by Gasteiger charge is 2.11. The van der Waals surface area contributed by atoms with Gasteiger partial charge in [0.1, 0.15) is 11.3 Å². The maximum absolute atomic E-state index is 10.7. The predicted molar refractivity (Wildman–Crippen MR) is 54.3 cm³/mol. The van der Waals surface area contributed by atoms with Gasteiger partial charge in [-0.05, 0) is 18.6 Å². The van der Waals surface area contributed by atoms with Crippen LogP contribution in [-0.2, 0) is 0 Å². The van der Waals surface area contributed by atoms with Gasteiger partial charge in [-0.1, -0.05) is 0 Å². The molecule has 0 radical (unpaired) electrons. The van der Waals surface area contributed by atoms with Gasteiger partial charge < -0.3 is 14.8 Å². The number of hydrogen-bond donors (Lipinski definition) is 2. The second-order valence-electron chi connectivity index (χ2n) is 3.23. The van der Waals surface area contributed by atoms with Crippen molar-refractivity contribution in [3.8, 4) is 5.88 Å². The molecule has 2 N–H and O–H groups in total. The Hall–Kier alpha value is -2.04. The van der Waals surface area contributed by atoms with Gasteiger partial charge in [0.05, 0.1) is 7.11 Å². The van der Waals surface area contributed by atoms with Crippen LogP contribution >= 0.6 is 0 Å². The number of carboxylic acid groups (broad SMARTS) is 1. The summed E-state index contributed by atoms with van der Waals surface area (Å²) >= 11 is 0. The number of hydrogen-bond acceptors (Lipinski definition) is 3. The molecule has 0 saturated heterocycles. The summed E-state index contributed by atoms with van der Waals surface area (Å²) in [5, 5.41) is 9.61. The number of ether oxygens (including phenoxy) is 1. The highest BCUT2D eigenvalue weighted by Crippen LogP contribution is 2.21. The van der Waals surface area contributed by atoms with Crippen molar-refractivity contribution >= 4 is 17.0 Å². The summed E-state index contributed by atoms with van der Waals surface area (Å²) in [5.41, 5.74) is 1.60. The molecule has 0 fully saturated rings. The normalized spacial score (nSPS) is 10.5. The Balaban J connectivity index is 2.69. The zero-order valence-electron chi connectivity index (χ0n) is 8.37. The smallest absolute Gasteiger partial charge is 0.352 e. The monoisotopic (exact) mass is 206 g/mol. The number of H-pyrrole nitrogens is 1. The third kappa shape index (κ3) is 1.52. The van der Waals surface area contributed by atoms with E-state index in [1.165, 1.54) is 7.11 Å². The van der Waals surface area contributed by atoms with E-state index in [1.54, 1.807) is 12.1 Å². The number of nitrogens with zero attached hydrogens (tertiary/aromatic N) is 1. The van der Waals surface area contributed by atoms with Crippen LogP contribution in [0.2, 0.25) is 0 Å². The maximum Gasteiger partial charge on any atom is 0.352 e. The maximum atomic E-state index is 10.7. The fourth-order valence-corrected chi connectivity index (χ4v) is 1.46. The molecule has 0 aliphatic rings. The first-order chi connectivity index (χ1) is 7.11. The standard InChI is InChI=1S/C10H10N2O3/c1-5-3-8(15-2)12-9-6(5)4-7(11-9)10(13)14/h3-4H,1-2H3,(H,11,12)(H,13,14). The van der Waals surface area contributed by atoms with E-state index in [0.717, 1.165) is 10.9 Å². The van der Waals surface area contributed by atoms with Gasteiger partial charge in [-0.15, -0.1) is 0 Å². The number of carboxylic acids is 1. The number of pyridine rings is 1. The van der Waals surface area contributed by atoms with Crippen molar-refractivity contribution < 1.29 is 14.6 Å². The number of rotatable bonds is 2. The van der Waals surface area contributed by atoms with Crippen molar-refractivity contribution in [2.45, 2.75) is 6.92 Å². The van der Waals surface area contributed by atoms with Crippen molar-refractivity contribution in [2.75, 3.05) is 7.11 Å².